The van der Waals surface area contributed by atoms with E-state index in [1.165, 1.54) is 4.88 Å². The molecule has 2 unspecified atom stereocenters. The molecule has 0 radical (unpaired) electrons. The fraction of sp³-hybridized carbons (Fsp3) is 0.500. The molecule has 118 valence electrons. The van der Waals surface area contributed by atoms with Crippen LogP contribution in [-0.2, 0) is 9.53 Å². The van der Waals surface area contributed by atoms with E-state index in [2.05, 4.69) is 27.9 Å². The van der Waals surface area contributed by atoms with Crippen LogP contribution >= 0.6 is 11.3 Å². The Hall–Kier alpha value is -1.66. The van der Waals surface area contributed by atoms with Crippen LogP contribution in [0.15, 0.2) is 23.6 Å². The Labute approximate surface area is 134 Å². The van der Waals surface area contributed by atoms with Crippen LogP contribution in [-0.4, -0.2) is 35.4 Å². The molecule has 0 saturated carbocycles. The number of carbonyl (C=O) groups is 1. The fourth-order valence-electron chi connectivity index (χ4n) is 2.83. The standard InChI is InChI=1S/C16H21N3O2S/c1-11-8-12(2)19(18-11)14(15-4-3-7-22-15)9-17-16(20)13-5-6-21-10-13/h3-4,7-8,13-14H,5-6,9-10H2,1-2H3,(H,17,20). The van der Waals surface area contributed by atoms with Crippen LogP contribution in [0.5, 0.6) is 0 Å². The van der Waals surface area contributed by atoms with Gasteiger partial charge in [-0.15, -0.1) is 11.3 Å². The molecule has 1 N–H and O–H groups in total. The van der Waals surface area contributed by atoms with Gasteiger partial charge in [-0.25, -0.2) is 0 Å². The van der Waals surface area contributed by atoms with Crippen molar-refractivity contribution in [2.75, 3.05) is 19.8 Å². The molecule has 22 heavy (non-hydrogen) atoms. The molecular weight excluding hydrogens is 298 g/mol. The van der Waals surface area contributed by atoms with Gasteiger partial charge in [-0.1, -0.05) is 6.07 Å². The molecule has 0 bridgehead atoms. The van der Waals surface area contributed by atoms with E-state index in [0.29, 0.717) is 19.8 Å². The molecule has 1 saturated heterocycles. The number of aryl methyl sites for hydroxylation is 2. The zero-order valence-corrected chi connectivity index (χ0v) is 13.7. The summed E-state index contributed by atoms with van der Waals surface area (Å²) in [5.41, 5.74) is 2.10. The summed E-state index contributed by atoms with van der Waals surface area (Å²) in [7, 11) is 0. The maximum absolute atomic E-state index is 12.2. The number of ether oxygens (including phenoxy) is 1. The zero-order valence-electron chi connectivity index (χ0n) is 12.9. The van der Waals surface area contributed by atoms with Crippen LogP contribution in [0, 0.1) is 19.8 Å². The summed E-state index contributed by atoms with van der Waals surface area (Å²) in [6.07, 6.45) is 0.815. The van der Waals surface area contributed by atoms with Gasteiger partial charge in [-0.3, -0.25) is 9.48 Å². The molecule has 0 spiro atoms. The van der Waals surface area contributed by atoms with Crippen molar-refractivity contribution in [2.24, 2.45) is 5.92 Å². The van der Waals surface area contributed by atoms with E-state index in [9.17, 15) is 4.79 Å². The normalized spacial score (nSPS) is 19.3. The Morgan fingerprint density at radius 3 is 3.05 bits per heavy atom. The van der Waals surface area contributed by atoms with E-state index in [0.717, 1.165) is 17.8 Å². The molecule has 1 amide bonds. The van der Waals surface area contributed by atoms with Gasteiger partial charge in [0.2, 0.25) is 5.91 Å². The third kappa shape index (κ3) is 3.23. The number of nitrogens with zero attached hydrogens (tertiary/aromatic N) is 2. The van der Waals surface area contributed by atoms with Gasteiger partial charge in [0, 0.05) is 23.7 Å². The molecule has 1 fully saturated rings. The van der Waals surface area contributed by atoms with Crippen LogP contribution in [0.4, 0.5) is 0 Å². The second-order valence-corrected chi connectivity index (χ2v) is 6.69. The molecule has 1 aliphatic rings. The Balaban J connectivity index is 1.75. The van der Waals surface area contributed by atoms with Crippen molar-refractivity contribution in [3.05, 3.63) is 39.8 Å². The summed E-state index contributed by atoms with van der Waals surface area (Å²) in [5.74, 6) is 0.0741. The van der Waals surface area contributed by atoms with Crippen LogP contribution in [0.3, 0.4) is 0 Å². The van der Waals surface area contributed by atoms with Crippen LogP contribution in [0.2, 0.25) is 0 Å². The number of aromatic nitrogens is 2. The first-order valence-corrected chi connectivity index (χ1v) is 8.44. The minimum atomic E-state index is -0.00978. The molecule has 0 aliphatic carbocycles. The van der Waals surface area contributed by atoms with Crippen LogP contribution < -0.4 is 5.32 Å². The average molecular weight is 319 g/mol. The highest BCUT2D eigenvalue weighted by Gasteiger charge is 2.25. The van der Waals surface area contributed by atoms with Gasteiger partial charge < -0.3 is 10.1 Å². The van der Waals surface area contributed by atoms with Crippen molar-refractivity contribution < 1.29 is 9.53 Å². The van der Waals surface area contributed by atoms with E-state index in [4.69, 9.17) is 4.74 Å². The second-order valence-electron chi connectivity index (χ2n) is 5.71. The Bertz CT molecular complexity index is 630. The summed E-state index contributed by atoms with van der Waals surface area (Å²) in [4.78, 5) is 13.4. The summed E-state index contributed by atoms with van der Waals surface area (Å²) in [6.45, 7) is 5.81. The van der Waals surface area contributed by atoms with E-state index < -0.39 is 0 Å². The van der Waals surface area contributed by atoms with Crippen molar-refractivity contribution in [3.63, 3.8) is 0 Å². The van der Waals surface area contributed by atoms with Gasteiger partial charge in [0.1, 0.15) is 6.04 Å². The highest BCUT2D eigenvalue weighted by atomic mass is 32.1. The largest absolute Gasteiger partial charge is 0.381 e. The molecular formula is C16H21N3O2S. The molecule has 2 atom stereocenters. The molecule has 5 nitrogen and oxygen atoms in total. The number of amides is 1. The minimum absolute atomic E-state index is 0.00978. The van der Waals surface area contributed by atoms with Crippen molar-refractivity contribution in [1.29, 1.82) is 0 Å². The highest BCUT2D eigenvalue weighted by molar-refractivity contribution is 7.10. The van der Waals surface area contributed by atoms with Crippen molar-refractivity contribution in [1.82, 2.24) is 15.1 Å². The molecule has 3 heterocycles. The number of nitrogens with one attached hydrogen (secondary N) is 1. The smallest absolute Gasteiger partial charge is 0.225 e. The summed E-state index contributed by atoms with van der Waals surface area (Å²) >= 11 is 1.69. The molecule has 1 aliphatic heterocycles. The number of rotatable bonds is 5. The summed E-state index contributed by atoms with van der Waals surface area (Å²) < 4.78 is 7.29. The molecule has 6 heteroatoms. The van der Waals surface area contributed by atoms with Gasteiger partial charge in [-0.05, 0) is 37.8 Å². The monoisotopic (exact) mass is 319 g/mol. The second kappa shape index (κ2) is 6.62. The predicted molar refractivity (Wildman–Crippen MR) is 86.1 cm³/mol. The van der Waals surface area contributed by atoms with E-state index in [1.54, 1.807) is 11.3 Å². The van der Waals surface area contributed by atoms with Crippen LogP contribution in [0.1, 0.15) is 28.7 Å². The highest BCUT2D eigenvalue weighted by Crippen LogP contribution is 2.24. The SMILES string of the molecule is Cc1cc(C)n(C(CNC(=O)C2CCOC2)c2cccs2)n1. The molecule has 2 aromatic rings. The predicted octanol–water partition coefficient (Wildman–Crippen LogP) is 2.30. The summed E-state index contributed by atoms with van der Waals surface area (Å²) in [6, 6.07) is 6.23. The Morgan fingerprint density at radius 1 is 1.59 bits per heavy atom. The maximum Gasteiger partial charge on any atom is 0.225 e. The number of hydrogen-bond acceptors (Lipinski definition) is 4. The molecule has 3 rings (SSSR count). The van der Waals surface area contributed by atoms with Gasteiger partial charge in [0.05, 0.1) is 18.2 Å². The van der Waals surface area contributed by atoms with E-state index >= 15 is 0 Å². The maximum atomic E-state index is 12.2. The summed E-state index contributed by atoms with van der Waals surface area (Å²) in [5, 5.41) is 9.72. The first kappa shape index (κ1) is 15.2. The van der Waals surface area contributed by atoms with E-state index in [-0.39, 0.29) is 17.9 Å². The number of hydrogen-bond donors (Lipinski definition) is 1. The zero-order chi connectivity index (χ0) is 15.5. The van der Waals surface area contributed by atoms with Crippen molar-refractivity contribution >= 4 is 17.2 Å². The number of carbonyl (C=O) groups excluding carboxylic acids is 1. The lowest BCUT2D eigenvalue weighted by atomic mass is 10.1. The molecule has 0 aromatic carbocycles. The third-order valence-corrected chi connectivity index (χ3v) is 4.96. The van der Waals surface area contributed by atoms with Gasteiger partial charge >= 0.3 is 0 Å². The van der Waals surface area contributed by atoms with Crippen molar-refractivity contribution in [3.8, 4) is 0 Å². The first-order valence-electron chi connectivity index (χ1n) is 7.57. The number of thiophene rings is 1. The minimum Gasteiger partial charge on any atom is -0.381 e. The average Bonchev–Trinajstić information content (AvgIpc) is 3.22. The first-order chi connectivity index (χ1) is 10.6. The van der Waals surface area contributed by atoms with Crippen molar-refractivity contribution in [2.45, 2.75) is 26.3 Å². The Kier molecular flexibility index (Phi) is 4.59. The van der Waals surface area contributed by atoms with Gasteiger partial charge in [-0.2, -0.15) is 5.10 Å². The van der Waals surface area contributed by atoms with Crippen LogP contribution in [0.25, 0.3) is 0 Å². The lowest BCUT2D eigenvalue weighted by Gasteiger charge is -2.20. The Morgan fingerprint density at radius 2 is 2.45 bits per heavy atom. The van der Waals surface area contributed by atoms with E-state index in [1.807, 2.05) is 24.6 Å². The lowest BCUT2D eigenvalue weighted by Crippen LogP contribution is -2.36. The lowest BCUT2D eigenvalue weighted by molar-refractivity contribution is -0.125. The quantitative estimate of drug-likeness (QED) is 0.920. The third-order valence-electron chi connectivity index (χ3n) is 3.98. The van der Waals surface area contributed by atoms with Gasteiger partial charge in [0.25, 0.3) is 0 Å². The molecule has 2 aromatic heterocycles. The van der Waals surface area contributed by atoms with Gasteiger partial charge in [0.15, 0.2) is 0 Å². The fourth-order valence-corrected chi connectivity index (χ4v) is 3.64. The topological polar surface area (TPSA) is 56.2 Å².